The topological polar surface area (TPSA) is 57.0 Å². The van der Waals surface area contributed by atoms with E-state index in [0.29, 0.717) is 0 Å². The predicted molar refractivity (Wildman–Crippen MR) is 17.1 cm³/mol. The van der Waals surface area contributed by atoms with Gasteiger partial charge in [-0.15, -0.1) is 0 Å². The molecule has 0 aromatic carbocycles. The van der Waals surface area contributed by atoms with Crippen molar-refractivity contribution in [1.29, 1.82) is 0 Å². The Morgan fingerprint density at radius 1 is 0.800 bits per heavy atom. The van der Waals surface area contributed by atoms with Crippen LogP contribution in [-0.2, 0) is 33.3 Å². The Kier molecular flexibility index (Phi) is 359. The number of hydrogen-bond donors (Lipinski definition) is 0. The van der Waals surface area contributed by atoms with Crippen molar-refractivity contribution in [2.75, 3.05) is 0 Å². The molecule has 27 valence electrons. The van der Waals surface area contributed by atoms with Gasteiger partial charge in [0.15, 0.2) is 0 Å². The summed E-state index contributed by atoms with van der Waals surface area (Å²) in [5.74, 6) is 0. The van der Waals surface area contributed by atoms with E-state index in [1.54, 1.807) is 0 Å². The summed E-state index contributed by atoms with van der Waals surface area (Å²) in [5, 5.41) is 0. The van der Waals surface area contributed by atoms with Crippen molar-refractivity contribution in [3.05, 3.63) is 0 Å². The zero-order valence-electron chi connectivity index (χ0n) is 1.76. The largest absolute Gasteiger partial charge is 4.00 e. The molecule has 5 heavy (non-hydrogen) atoms. The van der Waals surface area contributed by atoms with Gasteiger partial charge in [0, 0.05) is 22.4 Å². The monoisotopic (exact) mass is 451 g/mol. The van der Waals surface area contributed by atoms with Crippen LogP contribution in [0.3, 0.4) is 0 Å². The summed E-state index contributed by atoms with van der Waals surface area (Å²) in [6.45, 7) is 0. The third kappa shape index (κ3) is 21.9. The summed E-state index contributed by atoms with van der Waals surface area (Å²) < 4.78 is 0. The van der Waals surface area contributed by atoms with Crippen LogP contribution in [0.25, 0.3) is 0 Å². The standard InChI is InChI=1S/In.2O.Sn.Ta.3H/q;2*-2;+4;;;;. The normalized spacial score (nSPS) is 0. The Morgan fingerprint density at radius 3 is 0.800 bits per heavy atom. The summed E-state index contributed by atoms with van der Waals surface area (Å²) >= 11 is 0. The number of hydrogen-bond acceptors (Lipinski definition) is 0. The van der Waals surface area contributed by atoms with E-state index in [1.807, 2.05) is 0 Å². The van der Waals surface area contributed by atoms with Crippen molar-refractivity contribution in [1.82, 2.24) is 0 Å². The molecule has 0 aliphatic carbocycles. The first kappa shape index (κ1) is 54.1. The molecule has 0 rings (SSSR count). The Bertz CT molecular complexity index is 9.61. The van der Waals surface area contributed by atoms with Gasteiger partial charge in [-0.2, -0.15) is 0 Å². The van der Waals surface area contributed by atoms with Crippen LogP contribution < -0.4 is 0 Å². The molecule has 0 atom stereocenters. The van der Waals surface area contributed by atoms with Crippen LogP contribution in [0, 0.1) is 0 Å². The van der Waals surface area contributed by atoms with Crippen LogP contribution in [0.1, 0.15) is 0 Å². The first-order valence-corrected chi connectivity index (χ1v) is 0. The maximum absolute atomic E-state index is 0. The summed E-state index contributed by atoms with van der Waals surface area (Å²) in [6.07, 6.45) is 0. The van der Waals surface area contributed by atoms with Crippen molar-refractivity contribution in [2.45, 2.75) is 0 Å². The fourth-order valence-corrected chi connectivity index (χ4v) is 0. The van der Waals surface area contributed by atoms with Crippen LogP contribution >= 0.6 is 0 Å². The maximum Gasteiger partial charge on any atom is 4.00 e. The second kappa shape index (κ2) is 33.1. The van der Waals surface area contributed by atoms with Gasteiger partial charge >= 0.3 is 49.8 Å². The Hall–Kier alpha value is 2.33. The fraction of sp³-hybridized carbons (Fsp3) is 0. The Balaban J connectivity index is 0. The van der Waals surface area contributed by atoms with Gasteiger partial charge in [0.1, 0.15) is 0 Å². The van der Waals surface area contributed by atoms with Gasteiger partial charge in [0.25, 0.3) is 0 Å². The van der Waals surface area contributed by atoms with Crippen LogP contribution in [0.2, 0.25) is 0 Å². The van der Waals surface area contributed by atoms with Crippen molar-refractivity contribution in [3.63, 3.8) is 0 Å². The molecular formula is H3InO2SnTa. The molecule has 0 aliphatic rings. The molecule has 0 heterocycles. The molecule has 0 saturated heterocycles. The molecule has 0 aromatic heterocycles. The summed E-state index contributed by atoms with van der Waals surface area (Å²) in [7, 11) is 0. The average molecular weight is 449 g/mol. The van der Waals surface area contributed by atoms with Gasteiger partial charge in [-0.3, -0.25) is 0 Å². The van der Waals surface area contributed by atoms with Crippen molar-refractivity contribution in [2.24, 2.45) is 0 Å². The minimum Gasteiger partial charge on any atom is -2.00 e. The van der Waals surface area contributed by atoms with Gasteiger partial charge in [0.2, 0.25) is 0 Å². The van der Waals surface area contributed by atoms with Crippen LogP contribution in [0.4, 0.5) is 0 Å². The maximum atomic E-state index is 0. The zero-order valence-corrected chi connectivity index (χ0v) is 7.83. The van der Waals surface area contributed by atoms with Gasteiger partial charge in [0.05, 0.1) is 0 Å². The van der Waals surface area contributed by atoms with Crippen LogP contribution in [-0.4, -0.2) is 49.8 Å². The van der Waals surface area contributed by atoms with E-state index in [-0.39, 0.29) is 83.1 Å². The minimum atomic E-state index is 0. The fourth-order valence-electron chi connectivity index (χ4n) is 0. The Morgan fingerprint density at radius 2 is 0.800 bits per heavy atom. The van der Waals surface area contributed by atoms with Gasteiger partial charge < -0.3 is 11.0 Å². The second-order valence-electron chi connectivity index (χ2n) is 0. The summed E-state index contributed by atoms with van der Waals surface area (Å²) in [5.41, 5.74) is 0. The molecule has 0 spiro atoms. The first-order valence-electron chi connectivity index (χ1n) is 0. The molecule has 0 bridgehead atoms. The van der Waals surface area contributed by atoms with Gasteiger partial charge in [-0.05, 0) is 0 Å². The minimum absolute atomic E-state index is 0. The third-order valence-corrected chi connectivity index (χ3v) is 0. The van der Waals surface area contributed by atoms with E-state index in [1.165, 1.54) is 0 Å². The van der Waals surface area contributed by atoms with E-state index >= 15 is 0 Å². The van der Waals surface area contributed by atoms with E-state index in [2.05, 4.69) is 0 Å². The van der Waals surface area contributed by atoms with E-state index < -0.39 is 0 Å². The zero-order chi connectivity index (χ0) is 0. The van der Waals surface area contributed by atoms with Crippen molar-refractivity contribution < 1.29 is 33.3 Å². The smallest absolute Gasteiger partial charge is 2.00 e. The van der Waals surface area contributed by atoms with Gasteiger partial charge in [-0.1, -0.05) is 0 Å². The summed E-state index contributed by atoms with van der Waals surface area (Å²) in [4.78, 5) is 0. The molecule has 0 unspecified atom stereocenters. The molecular weight excluding hydrogens is 446 g/mol. The Labute approximate surface area is 81.9 Å². The third-order valence-electron chi connectivity index (χ3n) is 0. The summed E-state index contributed by atoms with van der Waals surface area (Å²) in [6, 6.07) is 0. The first-order chi connectivity index (χ1) is 0. The van der Waals surface area contributed by atoms with E-state index in [0.717, 1.165) is 0 Å². The van der Waals surface area contributed by atoms with Gasteiger partial charge in [-0.25, -0.2) is 0 Å². The molecule has 5 heteroatoms. The van der Waals surface area contributed by atoms with Crippen LogP contribution in [0.5, 0.6) is 0 Å². The van der Waals surface area contributed by atoms with E-state index in [4.69, 9.17) is 0 Å². The van der Waals surface area contributed by atoms with Crippen molar-refractivity contribution >= 4 is 49.8 Å². The molecule has 0 saturated carbocycles. The van der Waals surface area contributed by atoms with Crippen molar-refractivity contribution in [3.8, 4) is 0 Å². The predicted octanol–water partition coefficient (Wildman–Crippen LogP) is -1.80. The molecule has 0 fully saturated rings. The molecule has 0 amide bonds. The molecule has 0 aliphatic heterocycles. The molecule has 2 nitrogen and oxygen atoms in total. The molecule has 0 N–H and O–H groups in total. The average Bonchev–Trinajstić information content (AvgIpc) is 0. The molecule has 0 aromatic rings. The molecule has 1 radical (unpaired) electrons. The van der Waals surface area contributed by atoms with E-state index in [9.17, 15) is 0 Å². The SMILES string of the molecule is [InH3].[O-2].[O-2].[Sn+4].[Ta]. The quantitative estimate of drug-likeness (QED) is 0.392. The number of rotatable bonds is 0. The van der Waals surface area contributed by atoms with Crippen LogP contribution in [0.15, 0.2) is 0 Å². The second-order valence-corrected chi connectivity index (χ2v) is 0.